The topological polar surface area (TPSA) is 21.6 Å². The predicted octanol–water partition coefficient (Wildman–Crippen LogP) is 3.05. The first kappa shape index (κ1) is 11.5. The molecule has 0 bridgehead atoms. The summed E-state index contributed by atoms with van der Waals surface area (Å²) in [7, 11) is 0. The zero-order chi connectivity index (χ0) is 10.9. The Morgan fingerprint density at radius 3 is 3.13 bits per heavy atom. The molecule has 0 saturated carbocycles. The second kappa shape index (κ2) is 6.82. The fraction of sp³-hybridized carbons (Fsp3) is 0.308. The molecule has 0 amide bonds. The molecule has 15 heavy (non-hydrogen) atoms. The molecule has 2 heteroatoms. The molecule has 79 valence electrons. The van der Waals surface area contributed by atoms with E-state index >= 15 is 0 Å². The predicted molar refractivity (Wildman–Crippen MR) is 63.1 cm³/mol. The van der Waals surface area contributed by atoms with Crippen molar-refractivity contribution in [3.63, 3.8) is 0 Å². The smallest absolute Gasteiger partial charge is 0.139 e. The van der Waals surface area contributed by atoms with E-state index in [1.807, 2.05) is 12.1 Å². The maximum Gasteiger partial charge on any atom is 0.139 e. The molecular weight excluding hydrogens is 186 g/mol. The molecule has 1 rings (SSSR count). The van der Waals surface area contributed by atoms with Crippen LogP contribution < -0.4 is 0 Å². The van der Waals surface area contributed by atoms with Gasteiger partial charge in [-0.05, 0) is 18.1 Å². The normalized spacial score (nSPS) is 10.5. The van der Waals surface area contributed by atoms with Gasteiger partial charge in [-0.2, -0.15) is 0 Å². The van der Waals surface area contributed by atoms with Crippen LogP contribution in [0.5, 0.6) is 0 Å². The second-order valence-electron chi connectivity index (χ2n) is 3.17. The van der Waals surface area contributed by atoms with Crippen LogP contribution in [0.3, 0.4) is 0 Å². The molecule has 0 fully saturated rings. The summed E-state index contributed by atoms with van der Waals surface area (Å²) in [6.45, 7) is 6.28. The van der Waals surface area contributed by atoms with Crippen molar-refractivity contribution < 1.29 is 4.84 Å². The van der Waals surface area contributed by atoms with Gasteiger partial charge in [-0.3, -0.25) is 0 Å². The van der Waals surface area contributed by atoms with Crippen LogP contribution in [-0.4, -0.2) is 12.8 Å². The summed E-state index contributed by atoms with van der Waals surface area (Å²) in [5, 5.41) is 3.76. The quantitative estimate of drug-likeness (QED) is 0.301. The lowest BCUT2D eigenvalue weighted by atomic mass is 10.1. The van der Waals surface area contributed by atoms with Crippen LogP contribution in [0.15, 0.2) is 42.1 Å². The molecular formula is C13H16NO. The van der Waals surface area contributed by atoms with Gasteiger partial charge in [0.2, 0.25) is 0 Å². The standard InChI is InChI=1S/C13H16NO/c1-3-5-9-15-14-11-13-8-6-7-12(4-2)10-13/h3,6-8,10H,1,4-5,9H2,2H3. The van der Waals surface area contributed by atoms with Gasteiger partial charge in [0.25, 0.3) is 0 Å². The Bertz CT molecular complexity index is 331. The summed E-state index contributed by atoms with van der Waals surface area (Å²) >= 11 is 0. The van der Waals surface area contributed by atoms with Crippen LogP contribution in [0, 0.1) is 0 Å². The lowest BCUT2D eigenvalue weighted by molar-refractivity contribution is 0.151. The Hall–Kier alpha value is -1.57. The third kappa shape index (κ3) is 4.45. The van der Waals surface area contributed by atoms with Gasteiger partial charge < -0.3 is 4.84 Å². The van der Waals surface area contributed by atoms with Gasteiger partial charge in [-0.25, -0.2) is 0 Å². The number of nitrogens with zero attached hydrogens (tertiary/aromatic N) is 1. The molecule has 0 heterocycles. The first-order chi connectivity index (χ1) is 7.36. The Balaban J connectivity index is 2.45. The number of rotatable bonds is 6. The summed E-state index contributed by atoms with van der Waals surface area (Å²) in [6.07, 6.45) is 6.47. The molecule has 0 atom stereocenters. The summed E-state index contributed by atoms with van der Waals surface area (Å²) in [4.78, 5) is 4.99. The van der Waals surface area contributed by atoms with Crippen molar-refractivity contribution in [2.75, 3.05) is 6.61 Å². The molecule has 2 nitrogen and oxygen atoms in total. The van der Waals surface area contributed by atoms with Gasteiger partial charge in [0.15, 0.2) is 0 Å². The minimum absolute atomic E-state index is 0.559. The average Bonchev–Trinajstić information content (AvgIpc) is 2.29. The van der Waals surface area contributed by atoms with E-state index in [0.717, 1.165) is 18.4 Å². The van der Waals surface area contributed by atoms with E-state index in [2.05, 4.69) is 37.0 Å². The van der Waals surface area contributed by atoms with Crippen molar-refractivity contribution in [3.05, 3.63) is 48.0 Å². The lowest BCUT2D eigenvalue weighted by Gasteiger charge is -1.97. The van der Waals surface area contributed by atoms with Crippen molar-refractivity contribution in [2.24, 2.45) is 5.16 Å². The van der Waals surface area contributed by atoms with Gasteiger partial charge in [-0.1, -0.05) is 36.4 Å². The van der Waals surface area contributed by atoms with E-state index < -0.39 is 0 Å². The van der Waals surface area contributed by atoms with Gasteiger partial charge in [0, 0.05) is 12.0 Å². The van der Waals surface area contributed by atoms with E-state index in [1.54, 1.807) is 6.08 Å². The van der Waals surface area contributed by atoms with E-state index in [4.69, 9.17) is 4.84 Å². The molecule has 0 aliphatic carbocycles. The molecule has 0 aromatic heterocycles. The van der Waals surface area contributed by atoms with Crippen LogP contribution in [-0.2, 0) is 11.3 Å². The van der Waals surface area contributed by atoms with Crippen molar-refractivity contribution >= 4 is 6.21 Å². The van der Waals surface area contributed by atoms with E-state index in [0.29, 0.717) is 6.61 Å². The first-order valence-electron chi connectivity index (χ1n) is 5.14. The summed E-state index contributed by atoms with van der Waals surface area (Å²) in [6, 6.07) is 8.10. The number of aryl methyl sites for hydroxylation is 1. The SMILES string of the molecule is C=CCCON=[C]c1cccc(CC)c1. The Morgan fingerprint density at radius 1 is 1.53 bits per heavy atom. The van der Waals surface area contributed by atoms with Crippen LogP contribution in [0.25, 0.3) is 0 Å². The highest BCUT2D eigenvalue weighted by atomic mass is 16.6. The third-order valence-corrected chi connectivity index (χ3v) is 1.99. The van der Waals surface area contributed by atoms with Gasteiger partial charge in [-0.15, -0.1) is 6.58 Å². The molecule has 1 aromatic carbocycles. The maximum atomic E-state index is 4.99. The lowest BCUT2D eigenvalue weighted by Crippen LogP contribution is -1.88. The van der Waals surface area contributed by atoms with Crippen LogP contribution >= 0.6 is 0 Å². The van der Waals surface area contributed by atoms with Crippen molar-refractivity contribution in [1.29, 1.82) is 0 Å². The largest absolute Gasteiger partial charge is 0.395 e. The molecule has 0 unspecified atom stereocenters. The molecule has 1 radical (unpaired) electrons. The van der Waals surface area contributed by atoms with Crippen LogP contribution in [0.4, 0.5) is 0 Å². The molecule has 0 spiro atoms. The summed E-state index contributed by atoms with van der Waals surface area (Å²) < 4.78 is 0. The molecule has 0 aliphatic rings. The van der Waals surface area contributed by atoms with E-state index in [9.17, 15) is 0 Å². The highest BCUT2D eigenvalue weighted by molar-refractivity contribution is 5.79. The Kier molecular flexibility index (Phi) is 5.23. The minimum atomic E-state index is 0.559. The second-order valence-corrected chi connectivity index (χ2v) is 3.17. The average molecular weight is 202 g/mol. The number of hydrogen-bond acceptors (Lipinski definition) is 2. The highest BCUT2D eigenvalue weighted by Crippen LogP contribution is 2.03. The Labute approximate surface area is 91.3 Å². The van der Waals surface area contributed by atoms with Crippen molar-refractivity contribution in [3.8, 4) is 0 Å². The summed E-state index contributed by atoms with van der Waals surface area (Å²) in [5.41, 5.74) is 2.23. The fourth-order valence-electron chi connectivity index (χ4n) is 1.13. The third-order valence-electron chi connectivity index (χ3n) is 1.99. The van der Waals surface area contributed by atoms with E-state index in [1.165, 1.54) is 5.56 Å². The first-order valence-corrected chi connectivity index (χ1v) is 5.14. The van der Waals surface area contributed by atoms with Gasteiger partial charge in [0.05, 0.1) is 0 Å². The summed E-state index contributed by atoms with van der Waals surface area (Å²) in [5.74, 6) is 0. The zero-order valence-corrected chi connectivity index (χ0v) is 9.07. The van der Waals surface area contributed by atoms with Crippen molar-refractivity contribution in [1.82, 2.24) is 0 Å². The number of benzene rings is 1. The monoisotopic (exact) mass is 202 g/mol. The molecule has 0 aliphatic heterocycles. The zero-order valence-electron chi connectivity index (χ0n) is 9.07. The maximum absolute atomic E-state index is 4.99. The fourth-order valence-corrected chi connectivity index (χ4v) is 1.13. The van der Waals surface area contributed by atoms with E-state index in [-0.39, 0.29) is 0 Å². The number of hydrogen-bond donors (Lipinski definition) is 0. The van der Waals surface area contributed by atoms with Gasteiger partial charge >= 0.3 is 0 Å². The van der Waals surface area contributed by atoms with Crippen LogP contribution in [0.1, 0.15) is 24.5 Å². The molecule has 0 N–H and O–H groups in total. The highest BCUT2D eigenvalue weighted by Gasteiger charge is 1.91. The van der Waals surface area contributed by atoms with Crippen molar-refractivity contribution in [2.45, 2.75) is 19.8 Å². The van der Waals surface area contributed by atoms with Crippen LogP contribution in [0.2, 0.25) is 0 Å². The van der Waals surface area contributed by atoms with Gasteiger partial charge in [0.1, 0.15) is 12.8 Å². The molecule has 1 aromatic rings. The molecule has 0 saturated heterocycles. The minimum Gasteiger partial charge on any atom is -0.395 e. The Morgan fingerprint density at radius 2 is 2.40 bits per heavy atom.